The van der Waals surface area contributed by atoms with Gasteiger partial charge < -0.3 is 42.1 Å². The molecule has 0 bridgehead atoms. The second kappa shape index (κ2) is 12.9. The van der Waals surface area contributed by atoms with Gasteiger partial charge in [-0.3, -0.25) is 19.2 Å². The number of aliphatic hydroxyl groups excluding tert-OH is 2. The maximum Gasteiger partial charge on any atom is 0.328 e. The molecule has 0 radical (unpaired) electrons. The summed E-state index contributed by atoms with van der Waals surface area (Å²) in [5, 5.41) is 42.5. The van der Waals surface area contributed by atoms with Crippen LogP contribution in [0.3, 0.4) is 0 Å². The Morgan fingerprint density at radius 2 is 1.48 bits per heavy atom. The zero-order chi connectivity index (χ0) is 22.7. The normalized spacial score (nSPS) is 15.9. The summed E-state index contributed by atoms with van der Waals surface area (Å²) >= 11 is 3.91. The van der Waals surface area contributed by atoms with E-state index in [2.05, 4.69) is 23.3 Å². The van der Waals surface area contributed by atoms with Crippen LogP contribution in [0.15, 0.2) is 0 Å². The average molecular weight is 438 g/mol. The van der Waals surface area contributed by atoms with Gasteiger partial charge in [-0.2, -0.15) is 12.6 Å². The first-order chi connectivity index (χ1) is 13.4. The molecule has 0 fully saturated rings. The van der Waals surface area contributed by atoms with E-state index in [0.717, 1.165) is 6.92 Å². The molecule has 166 valence electrons. The Bertz CT molecular complexity index is 617. The van der Waals surface area contributed by atoms with Gasteiger partial charge in [-0.15, -0.1) is 0 Å². The van der Waals surface area contributed by atoms with Crippen molar-refractivity contribution in [3.05, 3.63) is 0 Å². The first-order valence-electron chi connectivity index (χ1n) is 8.45. The number of thiol groups is 1. The fourth-order valence-corrected chi connectivity index (χ4v) is 2.26. The smallest absolute Gasteiger partial charge is 0.328 e. The molecule has 0 aliphatic carbocycles. The Kier molecular flexibility index (Phi) is 11.8. The molecule has 14 heteroatoms. The van der Waals surface area contributed by atoms with Crippen molar-refractivity contribution in [2.75, 3.05) is 12.4 Å². The summed E-state index contributed by atoms with van der Waals surface area (Å²) in [4.78, 5) is 58.3. The molecule has 0 aromatic rings. The fourth-order valence-electron chi connectivity index (χ4n) is 2.01. The number of carboxylic acids is 2. The molecule has 0 heterocycles. The highest BCUT2D eigenvalue weighted by Crippen LogP contribution is 2.02. The summed E-state index contributed by atoms with van der Waals surface area (Å²) in [7, 11) is 0. The number of carbonyl (C=O) groups is 5. The molecule has 5 atom stereocenters. The summed E-state index contributed by atoms with van der Waals surface area (Å²) in [6.45, 7) is 0.436. The van der Waals surface area contributed by atoms with E-state index in [9.17, 15) is 29.1 Å². The van der Waals surface area contributed by atoms with Gasteiger partial charge >= 0.3 is 11.9 Å². The lowest BCUT2D eigenvalue weighted by molar-refractivity contribution is -0.145. The highest BCUT2D eigenvalue weighted by atomic mass is 32.1. The zero-order valence-electron chi connectivity index (χ0n) is 15.6. The molecule has 0 aromatic carbocycles. The van der Waals surface area contributed by atoms with Gasteiger partial charge in [0.25, 0.3) is 0 Å². The number of carbonyl (C=O) groups excluding carboxylic acids is 3. The van der Waals surface area contributed by atoms with Crippen LogP contribution in [0.4, 0.5) is 0 Å². The molecule has 29 heavy (non-hydrogen) atoms. The molecule has 0 aliphatic heterocycles. The van der Waals surface area contributed by atoms with E-state index in [1.807, 2.05) is 5.32 Å². The molecule has 3 amide bonds. The number of aliphatic carboxylic acids is 2. The number of hydrogen-bond acceptors (Lipinski definition) is 9. The summed E-state index contributed by atoms with van der Waals surface area (Å²) in [5.74, 6) is -5.82. The van der Waals surface area contributed by atoms with Crippen LogP contribution in [0, 0.1) is 0 Å². The quantitative estimate of drug-likeness (QED) is 0.127. The minimum absolute atomic E-state index is 0.264. The Labute approximate surface area is 171 Å². The lowest BCUT2D eigenvalue weighted by Crippen LogP contribution is -2.59. The van der Waals surface area contributed by atoms with Crippen LogP contribution in [0.1, 0.15) is 19.8 Å². The minimum Gasteiger partial charge on any atom is -0.481 e. The minimum atomic E-state index is -1.63. The number of carboxylic acid groups (broad SMARTS) is 2. The van der Waals surface area contributed by atoms with E-state index >= 15 is 0 Å². The second-order valence-corrected chi connectivity index (χ2v) is 6.46. The predicted molar refractivity (Wildman–Crippen MR) is 101 cm³/mol. The number of amides is 3. The lowest BCUT2D eigenvalue weighted by atomic mass is 10.1. The predicted octanol–water partition coefficient (Wildman–Crippen LogP) is -3.98. The van der Waals surface area contributed by atoms with Gasteiger partial charge in [-0.05, 0) is 13.3 Å². The van der Waals surface area contributed by atoms with Crippen LogP contribution in [0.5, 0.6) is 0 Å². The van der Waals surface area contributed by atoms with E-state index in [1.165, 1.54) is 0 Å². The lowest BCUT2D eigenvalue weighted by Gasteiger charge is -2.24. The van der Waals surface area contributed by atoms with Crippen molar-refractivity contribution >= 4 is 42.3 Å². The fraction of sp³-hybridized carbons (Fsp3) is 0.667. The van der Waals surface area contributed by atoms with Gasteiger partial charge in [0.15, 0.2) is 6.04 Å². The summed E-state index contributed by atoms with van der Waals surface area (Å²) in [6.07, 6.45) is -2.25. The molecule has 0 rings (SSSR count). The highest BCUT2D eigenvalue weighted by Gasteiger charge is 2.31. The number of nitrogens with one attached hydrogen (secondary N) is 3. The Balaban J connectivity index is 5.24. The highest BCUT2D eigenvalue weighted by molar-refractivity contribution is 7.80. The molecule has 13 nitrogen and oxygen atoms in total. The van der Waals surface area contributed by atoms with E-state index in [1.54, 1.807) is 0 Å². The van der Waals surface area contributed by atoms with E-state index < -0.39 is 73.0 Å². The summed E-state index contributed by atoms with van der Waals surface area (Å²) < 4.78 is 0. The van der Waals surface area contributed by atoms with Crippen molar-refractivity contribution in [2.45, 2.75) is 50.0 Å². The van der Waals surface area contributed by atoms with Crippen molar-refractivity contribution in [3.8, 4) is 0 Å². The Hall–Kier alpha value is -2.42. The molecule has 0 saturated heterocycles. The number of rotatable bonds is 13. The molecule has 0 aromatic heterocycles. The Morgan fingerprint density at radius 3 is 1.90 bits per heavy atom. The molecule has 0 saturated carbocycles. The van der Waals surface area contributed by atoms with Crippen molar-refractivity contribution in [2.24, 2.45) is 5.73 Å². The van der Waals surface area contributed by atoms with Crippen molar-refractivity contribution < 1.29 is 44.4 Å². The number of nitrogens with two attached hydrogens (primary N) is 1. The third kappa shape index (κ3) is 9.56. The topological polar surface area (TPSA) is 228 Å². The number of aliphatic hydroxyl groups is 2. The number of hydrogen-bond donors (Lipinski definition) is 9. The monoisotopic (exact) mass is 438 g/mol. The third-order valence-corrected chi connectivity index (χ3v) is 4.04. The maximum atomic E-state index is 12.4. The first kappa shape index (κ1) is 26.6. The van der Waals surface area contributed by atoms with Crippen LogP contribution in [0.25, 0.3) is 0 Å². The molecular formula is C15H26N4O9S. The van der Waals surface area contributed by atoms with Crippen molar-refractivity contribution in [3.63, 3.8) is 0 Å². The third-order valence-electron chi connectivity index (χ3n) is 3.68. The first-order valence-corrected chi connectivity index (χ1v) is 9.08. The Morgan fingerprint density at radius 1 is 0.966 bits per heavy atom. The molecule has 0 spiro atoms. The van der Waals surface area contributed by atoms with Crippen molar-refractivity contribution in [1.82, 2.24) is 16.0 Å². The second-order valence-electron chi connectivity index (χ2n) is 6.09. The largest absolute Gasteiger partial charge is 0.481 e. The van der Waals surface area contributed by atoms with Crippen LogP contribution >= 0.6 is 12.6 Å². The average Bonchev–Trinajstić information content (AvgIpc) is 2.65. The molecule has 9 N–H and O–H groups in total. The van der Waals surface area contributed by atoms with Gasteiger partial charge in [-0.1, -0.05) is 0 Å². The van der Waals surface area contributed by atoms with E-state index in [4.69, 9.17) is 21.1 Å². The molecular weight excluding hydrogens is 412 g/mol. The summed E-state index contributed by atoms with van der Waals surface area (Å²) in [5.41, 5.74) is 5.34. The maximum absolute atomic E-state index is 12.4. The van der Waals surface area contributed by atoms with E-state index in [0.29, 0.717) is 0 Å². The standard InChI is InChI=1S/C15H26N4O9S/c1-6(21)11(15(27)28)19-14(26)9(5-29)18-13(25)8(2-3-10(22)23)17-12(24)7(16)4-20/h6-9,11,20-21,29H,2-5,16H2,1H3,(H,17,24)(H,18,25)(H,19,26)(H,22,23)(H,27,28). The zero-order valence-corrected chi connectivity index (χ0v) is 16.5. The molecule has 5 unspecified atom stereocenters. The van der Waals surface area contributed by atoms with Gasteiger partial charge in [0.05, 0.1) is 12.7 Å². The summed E-state index contributed by atoms with van der Waals surface area (Å²) in [6, 6.07) is -5.71. The molecule has 0 aliphatic rings. The SMILES string of the molecule is CC(O)C(NC(=O)C(CS)NC(=O)C(CCC(=O)O)NC(=O)C(N)CO)C(=O)O. The van der Waals surface area contributed by atoms with Crippen molar-refractivity contribution in [1.29, 1.82) is 0 Å². The van der Waals surface area contributed by atoms with Crippen LogP contribution < -0.4 is 21.7 Å². The van der Waals surface area contributed by atoms with Gasteiger partial charge in [0.1, 0.15) is 18.1 Å². The van der Waals surface area contributed by atoms with Crippen LogP contribution in [-0.2, 0) is 24.0 Å². The van der Waals surface area contributed by atoms with Gasteiger partial charge in [-0.25, -0.2) is 4.79 Å². The van der Waals surface area contributed by atoms with Crippen LogP contribution in [0.2, 0.25) is 0 Å². The van der Waals surface area contributed by atoms with Gasteiger partial charge in [0.2, 0.25) is 17.7 Å². The van der Waals surface area contributed by atoms with Gasteiger partial charge in [0, 0.05) is 12.2 Å². The van der Waals surface area contributed by atoms with Crippen LogP contribution in [-0.4, -0.2) is 92.7 Å². The van der Waals surface area contributed by atoms with E-state index in [-0.39, 0.29) is 12.2 Å².